The van der Waals surface area contributed by atoms with Gasteiger partial charge in [0.15, 0.2) is 0 Å². The molecule has 1 fully saturated rings. The minimum absolute atomic E-state index is 0.151. The number of nitrogens with zero attached hydrogens (tertiary/aromatic N) is 2. The Kier molecular flexibility index (Phi) is 4.28. The van der Waals surface area contributed by atoms with Gasteiger partial charge in [0.2, 0.25) is 11.8 Å². The third kappa shape index (κ3) is 2.92. The SMILES string of the molecule is Cn1ccc(-c2ccc3c(c2)CN(C2CCC(=O)NC2=O)C3=O)c1-c1ccccc1. The predicted molar refractivity (Wildman–Crippen MR) is 112 cm³/mol. The molecule has 0 saturated carbocycles. The monoisotopic (exact) mass is 399 g/mol. The molecule has 30 heavy (non-hydrogen) atoms. The molecule has 6 nitrogen and oxygen atoms in total. The lowest BCUT2D eigenvalue weighted by molar-refractivity contribution is -0.136. The van der Waals surface area contributed by atoms with E-state index in [4.69, 9.17) is 0 Å². The summed E-state index contributed by atoms with van der Waals surface area (Å²) in [6.45, 7) is 0.377. The Bertz CT molecular complexity index is 1180. The van der Waals surface area contributed by atoms with Crippen LogP contribution < -0.4 is 5.32 Å². The van der Waals surface area contributed by atoms with Crippen LogP contribution in [0.5, 0.6) is 0 Å². The number of amides is 3. The summed E-state index contributed by atoms with van der Waals surface area (Å²) in [6.07, 6.45) is 2.66. The van der Waals surface area contributed by atoms with E-state index in [1.54, 1.807) is 4.90 Å². The lowest BCUT2D eigenvalue weighted by atomic mass is 9.98. The number of aromatic nitrogens is 1. The number of piperidine rings is 1. The van der Waals surface area contributed by atoms with Crippen molar-refractivity contribution in [2.75, 3.05) is 0 Å². The van der Waals surface area contributed by atoms with Crippen molar-refractivity contribution in [1.29, 1.82) is 0 Å². The first-order chi connectivity index (χ1) is 14.5. The second-order valence-electron chi connectivity index (χ2n) is 7.83. The number of imide groups is 1. The van der Waals surface area contributed by atoms with Crippen LogP contribution in [-0.2, 0) is 23.2 Å². The Labute approximate surface area is 174 Å². The number of benzene rings is 2. The standard InChI is InChI=1S/C24H21N3O3/c1-26-12-11-18(22(26)15-5-3-2-4-6-15)16-7-8-19-17(13-16)14-27(24(19)30)20-9-10-21(28)25-23(20)29/h2-8,11-13,20H,9-10,14H2,1H3,(H,25,28,29). The highest BCUT2D eigenvalue weighted by molar-refractivity contribution is 6.05. The van der Waals surface area contributed by atoms with Crippen molar-refractivity contribution in [2.45, 2.75) is 25.4 Å². The van der Waals surface area contributed by atoms with Gasteiger partial charge in [0.25, 0.3) is 5.91 Å². The van der Waals surface area contributed by atoms with Crippen LogP contribution in [0.25, 0.3) is 22.4 Å². The zero-order valence-corrected chi connectivity index (χ0v) is 16.6. The van der Waals surface area contributed by atoms with Gasteiger partial charge in [-0.15, -0.1) is 0 Å². The first-order valence-corrected chi connectivity index (χ1v) is 10.0. The number of rotatable bonds is 3. The van der Waals surface area contributed by atoms with Gasteiger partial charge >= 0.3 is 0 Å². The Morgan fingerprint density at radius 2 is 1.73 bits per heavy atom. The van der Waals surface area contributed by atoms with Crippen LogP contribution in [0.3, 0.4) is 0 Å². The number of hydrogen-bond donors (Lipinski definition) is 1. The van der Waals surface area contributed by atoms with Crippen LogP contribution in [0.2, 0.25) is 0 Å². The van der Waals surface area contributed by atoms with E-state index in [2.05, 4.69) is 28.1 Å². The smallest absolute Gasteiger partial charge is 0.255 e. The number of carbonyl (C=O) groups excluding carboxylic acids is 3. The molecule has 2 aliphatic heterocycles. The third-order valence-electron chi connectivity index (χ3n) is 5.95. The van der Waals surface area contributed by atoms with E-state index in [1.165, 1.54) is 0 Å². The van der Waals surface area contributed by atoms with Crippen LogP contribution in [0.15, 0.2) is 60.8 Å². The van der Waals surface area contributed by atoms with Gasteiger partial charge < -0.3 is 9.47 Å². The van der Waals surface area contributed by atoms with Crippen molar-refractivity contribution < 1.29 is 14.4 Å². The summed E-state index contributed by atoms with van der Waals surface area (Å²) >= 11 is 0. The molecule has 0 bridgehead atoms. The molecule has 6 heteroatoms. The quantitative estimate of drug-likeness (QED) is 0.688. The second kappa shape index (κ2) is 6.99. The number of carbonyl (C=O) groups is 3. The number of nitrogens with one attached hydrogen (secondary N) is 1. The molecule has 2 aliphatic rings. The van der Waals surface area contributed by atoms with E-state index < -0.39 is 6.04 Å². The van der Waals surface area contributed by atoms with E-state index >= 15 is 0 Å². The van der Waals surface area contributed by atoms with Crippen LogP contribution in [0.4, 0.5) is 0 Å². The molecule has 1 N–H and O–H groups in total. The van der Waals surface area contributed by atoms with Gasteiger partial charge in [-0.3, -0.25) is 19.7 Å². The summed E-state index contributed by atoms with van der Waals surface area (Å²) < 4.78 is 2.10. The summed E-state index contributed by atoms with van der Waals surface area (Å²) in [5.41, 5.74) is 5.90. The highest BCUT2D eigenvalue weighted by Crippen LogP contribution is 2.36. The Hall–Kier alpha value is -3.67. The highest BCUT2D eigenvalue weighted by atomic mass is 16.2. The average molecular weight is 399 g/mol. The van der Waals surface area contributed by atoms with Gasteiger partial charge in [-0.2, -0.15) is 0 Å². The van der Waals surface area contributed by atoms with Crippen molar-refractivity contribution >= 4 is 17.7 Å². The van der Waals surface area contributed by atoms with Crippen LogP contribution in [0.1, 0.15) is 28.8 Å². The van der Waals surface area contributed by atoms with E-state index in [0.29, 0.717) is 18.5 Å². The number of aryl methyl sites for hydroxylation is 1. The maximum Gasteiger partial charge on any atom is 0.255 e. The van der Waals surface area contributed by atoms with Crippen LogP contribution in [-0.4, -0.2) is 33.2 Å². The van der Waals surface area contributed by atoms with Crippen molar-refractivity contribution in [1.82, 2.24) is 14.8 Å². The van der Waals surface area contributed by atoms with Crippen molar-refractivity contribution in [3.05, 3.63) is 71.9 Å². The fourth-order valence-electron chi connectivity index (χ4n) is 4.46. The van der Waals surface area contributed by atoms with Gasteiger partial charge in [-0.1, -0.05) is 36.4 Å². The maximum atomic E-state index is 12.9. The van der Waals surface area contributed by atoms with E-state index in [0.717, 1.165) is 27.9 Å². The molecule has 1 atom stereocenters. The minimum Gasteiger partial charge on any atom is -0.350 e. The molecule has 2 aromatic carbocycles. The molecule has 3 amide bonds. The molecular formula is C24H21N3O3. The zero-order valence-electron chi connectivity index (χ0n) is 16.6. The average Bonchev–Trinajstić information content (AvgIpc) is 3.28. The summed E-state index contributed by atoms with van der Waals surface area (Å²) in [5, 5.41) is 2.34. The van der Waals surface area contributed by atoms with Gasteiger partial charge in [0.05, 0.1) is 5.69 Å². The van der Waals surface area contributed by atoms with E-state index in [-0.39, 0.29) is 24.1 Å². The Balaban J connectivity index is 1.49. The molecule has 3 heterocycles. The second-order valence-corrected chi connectivity index (χ2v) is 7.83. The summed E-state index contributed by atoms with van der Waals surface area (Å²) in [4.78, 5) is 38.2. The predicted octanol–water partition coefficient (Wildman–Crippen LogP) is 3.12. The molecule has 1 saturated heterocycles. The molecular weight excluding hydrogens is 378 g/mol. The van der Waals surface area contributed by atoms with Gasteiger partial charge in [-0.25, -0.2) is 0 Å². The third-order valence-corrected chi connectivity index (χ3v) is 5.95. The van der Waals surface area contributed by atoms with E-state index in [1.807, 2.05) is 49.6 Å². The van der Waals surface area contributed by atoms with Gasteiger partial charge in [0, 0.05) is 37.3 Å². The van der Waals surface area contributed by atoms with Crippen molar-refractivity contribution in [2.24, 2.45) is 7.05 Å². The van der Waals surface area contributed by atoms with Crippen molar-refractivity contribution in [3.63, 3.8) is 0 Å². The Morgan fingerprint density at radius 1 is 0.933 bits per heavy atom. The molecule has 0 radical (unpaired) electrons. The largest absolute Gasteiger partial charge is 0.350 e. The summed E-state index contributed by atoms with van der Waals surface area (Å²) in [7, 11) is 2.02. The number of fused-ring (bicyclic) bond motifs is 1. The maximum absolute atomic E-state index is 12.9. The van der Waals surface area contributed by atoms with Crippen molar-refractivity contribution in [3.8, 4) is 22.4 Å². The van der Waals surface area contributed by atoms with Gasteiger partial charge in [-0.05, 0) is 41.3 Å². The molecule has 0 aliphatic carbocycles. The number of hydrogen-bond acceptors (Lipinski definition) is 3. The lowest BCUT2D eigenvalue weighted by Gasteiger charge is -2.29. The highest BCUT2D eigenvalue weighted by Gasteiger charge is 2.39. The molecule has 150 valence electrons. The first-order valence-electron chi connectivity index (χ1n) is 10.0. The fraction of sp³-hybridized carbons (Fsp3) is 0.208. The summed E-state index contributed by atoms with van der Waals surface area (Å²) in [6, 6.07) is 17.5. The minimum atomic E-state index is -0.595. The van der Waals surface area contributed by atoms with Crippen LogP contribution in [0, 0.1) is 0 Å². The topological polar surface area (TPSA) is 71.4 Å². The normalized spacial score (nSPS) is 18.5. The molecule has 1 aromatic heterocycles. The lowest BCUT2D eigenvalue weighted by Crippen LogP contribution is -2.52. The first kappa shape index (κ1) is 18.4. The Morgan fingerprint density at radius 3 is 2.50 bits per heavy atom. The summed E-state index contributed by atoms with van der Waals surface area (Å²) in [5.74, 6) is -0.815. The molecule has 5 rings (SSSR count). The fourth-order valence-corrected chi connectivity index (χ4v) is 4.46. The molecule has 0 spiro atoms. The van der Waals surface area contributed by atoms with Gasteiger partial charge in [0.1, 0.15) is 6.04 Å². The zero-order chi connectivity index (χ0) is 20.8. The molecule has 3 aromatic rings. The molecule has 1 unspecified atom stereocenters. The van der Waals surface area contributed by atoms with Crippen LogP contribution >= 0.6 is 0 Å². The van der Waals surface area contributed by atoms with E-state index in [9.17, 15) is 14.4 Å².